The second kappa shape index (κ2) is 5.81. The van der Waals surface area contributed by atoms with Crippen LogP contribution in [0.15, 0.2) is 52.1 Å². The lowest BCUT2D eigenvalue weighted by molar-refractivity contribution is 0.581. The Hall–Kier alpha value is -1.24. The van der Waals surface area contributed by atoms with Gasteiger partial charge in [-0.3, -0.25) is 4.98 Å². The lowest BCUT2D eigenvalue weighted by Crippen LogP contribution is -2.23. The van der Waals surface area contributed by atoms with E-state index in [4.69, 9.17) is 0 Å². The number of nitrogens with zero attached hydrogens (tertiary/aromatic N) is 1. The molecule has 0 saturated heterocycles. The maximum atomic E-state index is 12.2. The molecule has 0 aliphatic heterocycles. The van der Waals surface area contributed by atoms with E-state index in [0.717, 1.165) is 11.1 Å². The molecule has 0 unspecified atom stereocenters. The van der Waals surface area contributed by atoms with Gasteiger partial charge in [0.25, 0.3) is 0 Å². The number of benzene rings is 1. The minimum Gasteiger partial charge on any atom is -0.265 e. The number of pyridine rings is 1. The molecule has 0 spiro atoms. The van der Waals surface area contributed by atoms with Gasteiger partial charge in [0.2, 0.25) is 10.0 Å². The first-order valence-electron chi connectivity index (χ1n) is 5.64. The largest absolute Gasteiger partial charge is 0.265 e. The molecule has 0 bridgehead atoms. The Morgan fingerprint density at radius 2 is 1.89 bits per heavy atom. The van der Waals surface area contributed by atoms with Crippen LogP contribution in [0.3, 0.4) is 0 Å². The second-order valence-corrected chi connectivity index (χ2v) is 6.70. The van der Waals surface area contributed by atoms with Crippen LogP contribution in [0.4, 0.5) is 0 Å². The summed E-state index contributed by atoms with van der Waals surface area (Å²) >= 11 is 3.28. The monoisotopic (exact) mass is 340 g/mol. The maximum Gasteiger partial charge on any atom is 0.241 e. The quantitative estimate of drug-likeness (QED) is 0.930. The van der Waals surface area contributed by atoms with E-state index in [9.17, 15) is 8.42 Å². The second-order valence-electron chi connectivity index (χ2n) is 4.11. The van der Waals surface area contributed by atoms with Gasteiger partial charge in [0.15, 0.2) is 0 Å². The standard InChI is InChI=1S/C13H13BrN2O2S/c1-10-2-3-13(12(14)8-10)19(17,18)16-9-11-4-6-15-7-5-11/h2-8,16H,9H2,1H3. The van der Waals surface area contributed by atoms with E-state index < -0.39 is 10.0 Å². The molecular weight excluding hydrogens is 328 g/mol. The van der Waals surface area contributed by atoms with Crippen molar-refractivity contribution in [1.82, 2.24) is 9.71 Å². The van der Waals surface area contributed by atoms with E-state index in [1.54, 1.807) is 42.7 Å². The van der Waals surface area contributed by atoms with Crippen LogP contribution in [0.1, 0.15) is 11.1 Å². The van der Waals surface area contributed by atoms with E-state index in [0.29, 0.717) is 4.47 Å². The van der Waals surface area contributed by atoms with Crippen LogP contribution in [0.2, 0.25) is 0 Å². The molecule has 4 nitrogen and oxygen atoms in total. The molecule has 1 N–H and O–H groups in total. The van der Waals surface area contributed by atoms with Crippen molar-refractivity contribution in [2.45, 2.75) is 18.4 Å². The summed E-state index contributed by atoms with van der Waals surface area (Å²) in [5.74, 6) is 0. The van der Waals surface area contributed by atoms with Gasteiger partial charge in [-0.15, -0.1) is 0 Å². The SMILES string of the molecule is Cc1ccc(S(=O)(=O)NCc2ccncc2)c(Br)c1. The van der Waals surface area contributed by atoms with Crippen LogP contribution >= 0.6 is 15.9 Å². The zero-order valence-corrected chi connectivity index (χ0v) is 12.7. The van der Waals surface area contributed by atoms with E-state index >= 15 is 0 Å². The highest BCUT2D eigenvalue weighted by Gasteiger charge is 2.17. The number of aromatic nitrogens is 1. The fourth-order valence-electron chi connectivity index (χ4n) is 1.58. The number of nitrogens with one attached hydrogen (secondary N) is 1. The van der Waals surface area contributed by atoms with Gasteiger partial charge in [-0.25, -0.2) is 13.1 Å². The highest BCUT2D eigenvalue weighted by Crippen LogP contribution is 2.22. The van der Waals surface area contributed by atoms with Crippen molar-refractivity contribution in [3.8, 4) is 0 Å². The van der Waals surface area contributed by atoms with Gasteiger partial charge in [0, 0.05) is 23.4 Å². The summed E-state index contributed by atoms with van der Waals surface area (Å²) < 4.78 is 27.5. The van der Waals surface area contributed by atoms with Gasteiger partial charge in [-0.2, -0.15) is 0 Å². The van der Waals surface area contributed by atoms with Crippen LogP contribution in [-0.4, -0.2) is 13.4 Å². The van der Waals surface area contributed by atoms with Crippen molar-refractivity contribution in [2.24, 2.45) is 0 Å². The van der Waals surface area contributed by atoms with Crippen molar-refractivity contribution >= 4 is 26.0 Å². The summed E-state index contributed by atoms with van der Waals surface area (Å²) in [4.78, 5) is 4.13. The van der Waals surface area contributed by atoms with Crippen molar-refractivity contribution in [1.29, 1.82) is 0 Å². The summed E-state index contributed by atoms with van der Waals surface area (Å²) in [6.07, 6.45) is 3.26. The number of rotatable bonds is 4. The third kappa shape index (κ3) is 3.62. The maximum absolute atomic E-state index is 12.2. The lowest BCUT2D eigenvalue weighted by atomic mass is 10.2. The highest BCUT2D eigenvalue weighted by molar-refractivity contribution is 9.10. The van der Waals surface area contributed by atoms with Gasteiger partial charge in [-0.05, 0) is 58.2 Å². The Morgan fingerprint density at radius 1 is 1.21 bits per heavy atom. The minimum atomic E-state index is -3.52. The number of halogens is 1. The van der Waals surface area contributed by atoms with Gasteiger partial charge >= 0.3 is 0 Å². The number of aryl methyl sites for hydroxylation is 1. The number of hydrogen-bond donors (Lipinski definition) is 1. The molecular formula is C13H13BrN2O2S. The summed E-state index contributed by atoms with van der Waals surface area (Å²) in [5.41, 5.74) is 1.86. The third-order valence-electron chi connectivity index (χ3n) is 2.59. The molecule has 0 amide bonds. The summed E-state index contributed by atoms with van der Waals surface area (Å²) in [7, 11) is -3.52. The van der Waals surface area contributed by atoms with E-state index in [1.165, 1.54) is 0 Å². The Kier molecular flexibility index (Phi) is 4.34. The molecule has 1 aromatic heterocycles. The molecule has 0 saturated carbocycles. The predicted octanol–water partition coefficient (Wildman–Crippen LogP) is 2.63. The molecule has 100 valence electrons. The first kappa shape index (κ1) is 14.2. The molecule has 0 fully saturated rings. The van der Waals surface area contributed by atoms with Gasteiger partial charge < -0.3 is 0 Å². The Morgan fingerprint density at radius 3 is 2.53 bits per heavy atom. The van der Waals surface area contributed by atoms with Crippen LogP contribution in [0.5, 0.6) is 0 Å². The molecule has 19 heavy (non-hydrogen) atoms. The van der Waals surface area contributed by atoms with Crippen molar-refractivity contribution in [3.63, 3.8) is 0 Å². The molecule has 0 radical (unpaired) electrons. The topological polar surface area (TPSA) is 59.1 Å². The van der Waals surface area contributed by atoms with Gasteiger partial charge in [-0.1, -0.05) is 6.07 Å². The summed E-state index contributed by atoms with van der Waals surface area (Å²) in [6.45, 7) is 2.15. The predicted molar refractivity (Wildman–Crippen MR) is 77.1 cm³/mol. The van der Waals surface area contributed by atoms with Crippen LogP contribution in [0.25, 0.3) is 0 Å². The van der Waals surface area contributed by atoms with Crippen molar-refractivity contribution in [2.75, 3.05) is 0 Å². The molecule has 0 aliphatic rings. The molecule has 2 rings (SSSR count). The van der Waals surface area contributed by atoms with Crippen LogP contribution in [-0.2, 0) is 16.6 Å². The number of sulfonamides is 1. The van der Waals surface area contributed by atoms with E-state index in [-0.39, 0.29) is 11.4 Å². The fourth-order valence-corrected chi connectivity index (χ4v) is 3.79. The third-order valence-corrected chi connectivity index (χ3v) is 4.97. The molecule has 1 aromatic carbocycles. The zero-order chi connectivity index (χ0) is 13.9. The lowest BCUT2D eigenvalue weighted by Gasteiger charge is -2.09. The minimum absolute atomic E-state index is 0.241. The molecule has 6 heteroatoms. The molecule has 2 aromatic rings. The van der Waals surface area contributed by atoms with E-state index in [1.807, 2.05) is 6.92 Å². The summed E-state index contributed by atoms with van der Waals surface area (Å²) in [6, 6.07) is 8.68. The first-order chi connectivity index (χ1) is 8.99. The first-order valence-corrected chi connectivity index (χ1v) is 7.91. The smallest absolute Gasteiger partial charge is 0.241 e. The normalized spacial score (nSPS) is 11.5. The Labute approximate surface area is 121 Å². The fraction of sp³-hybridized carbons (Fsp3) is 0.154. The summed E-state index contributed by atoms with van der Waals surface area (Å²) in [5, 5.41) is 0. The average Bonchev–Trinajstić information content (AvgIpc) is 2.37. The van der Waals surface area contributed by atoms with Crippen molar-refractivity contribution in [3.05, 3.63) is 58.3 Å². The molecule has 1 heterocycles. The van der Waals surface area contributed by atoms with Gasteiger partial charge in [0.1, 0.15) is 0 Å². The molecule has 0 atom stereocenters. The van der Waals surface area contributed by atoms with Crippen LogP contribution < -0.4 is 4.72 Å². The van der Waals surface area contributed by atoms with Gasteiger partial charge in [0.05, 0.1) is 4.90 Å². The number of hydrogen-bond acceptors (Lipinski definition) is 3. The van der Waals surface area contributed by atoms with Crippen molar-refractivity contribution < 1.29 is 8.42 Å². The Bertz CT molecular complexity index is 672. The molecule has 0 aliphatic carbocycles. The Balaban J connectivity index is 2.19. The highest BCUT2D eigenvalue weighted by atomic mass is 79.9. The average molecular weight is 341 g/mol. The van der Waals surface area contributed by atoms with Crippen LogP contribution in [0, 0.1) is 6.92 Å². The zero-order valence-electron chi connectivity index (χ0n) is 10.3. The van der Waals surface area contributed by atoms with E-state index in [2.05, 4.69) is 25.6 Å².